The Morgan fingerprint density at radius 2 is 1.70 bits per heavy atom. The van der Waals surface area contributed by atoms with Crippen molar-refractivity contribution in [2.75, 3.05) is 5.32 Å². The standard InChI is InChI=1S/C22H25N3O2/c1-13-6-7-18(16(4)10-13)24-21(26)8-9-25-20-12-15(3)14(2)11-19(20)23-17(5)22(25)27/h6-7,10-12H,8-9H2,1-5H3,(H,24,26). The number of rotatable bonds is 4. The van der Waals surface area contributed by atoms with Crippen LogP contribution in [0.1, 0.15) is 34.4 Å². The van der Waals surface area contributed by atoms with E-state index in [9.17, 15) is 9.59 Å². The molecule has 1 amide bonds. The van der Waals surface area contributed by atoms with Crippen LogP contribution in [0.3, 0.4) is 0 Å². The lowest BCUT2D eigenvalue weighted by molar-refractivity contribution is -0.116. The first-order valence-corrected chi connectivity index (χ1v) is 9.12. The number of hydrogen-bond acceptors (Lipinski definition) is 3. The third-order valence-corrected chi connectivity index (χ3v) is 4.94. The van der Waals surface area contributed by atoms with Crippen LogP contribution >= 0.6 is 0 Å². The fourth-order valence-corrected chi connectivity index (χ4v) is 3.23. The van der Waals surface area contributed by atoms with E-state index in [4.69, 9.17) is 0 Å². The summed E-state index contributed by atoms with van der Waals surface area (Å²) in [5.41, 5.74) is 7.07. The molecule has 1 aromatic heterocycles. The number of nitrogens with zero attached hydrogens (tertiary/aromatic N) is 2. The number of fused-ring (bicyclic) bond motifs is 1. The molecule has 5 heteroatoms. The van der Waals surface area contributed by atoms with Gasteiger partial charge in [0, 0.05) is 18.7 Å². The lowest BCUT2D eigenvalue weighted by atomic mass is 10.1. The Bertz CT molecular complexity index is 1100. The van der Waals surface area contributed by atoms with Gasteiger partial charge in [0.25, 0.3) is 5.56 Å². The number of amides is 1. The van der Waals surface area contributed by atoms with Gasteiger partial charge in [-0.25, -0.2) is 4.98 Å². The molecule has 0 aliphatic rings. The predicted octanol–water partition coefficient (Wildman–Crippen LogP) is 3.97. The molecule has 0 aliphatic carbocycles. The normalized spacial score (nSPS) is 11.0. The smallest absolute Gasteiger partial charge is 0.272 e. The Balaban J connectivity index is 1.86. The summed E-state index contributed by atoms with van der Waals surface area (Å²) in [7, 11) is 0. The average molecular weight is 363 g/mol. The van der Waals surface area contributed by atoms with E-state index in [2.05, 4.69) is 10.3 Å². The van der Waals surface area contributed by atoms with Gasteiger partial charge in [0.1, 0.15) is 5.69 Å². The summed E-state index contributed by atoms with van der Waals surface area (Å²) in [6.07, 6.45) is 0.221. The lowest BCUT2D eigenvalue weighted by Gasteiger charge is -2.13. The van der Waals surface area contributed by atoms with Gasteiger partial charge < -0.3 is 9.88 Å². The summed E-state index contributed by atoms with van der Waals surface area (Å²) >= 11 is 0. The Hall–Kier alpha value is -2.95. The molecule has 0 saturated heterocycles. The zero-order chi connectivity index (χ0) is 19.7. The summed E-state index contributed by atoms with van der Waals surface area (Å²) < 4.78 is 1.66. The number of nitrogens with one attached hydrogen (secondary N) is 1. The molecule has 1 heterocycles. The largest absolute Gasteiger partial charge is 0.326 e. The number of carbonyl (C=O) groups excluding carboxylic acids is 1. The first-order chi connectivity index (χ1) is 12.8. The number of aromatic nitrogens is 2. The first-order valence-electron chi connectivity index (χ1n) is 9.12. The molecule has 0 spiro atoms. The fraction of sp³-hybridized carbons (Fsp3) is 0.318. The zero-order valence-electron chi connectivity index (χ0n) is 16.5. The second-order valence-corrected chi connectivity index (χ2v) is 7.20. The number of aryl methyl sites for hydroxylation is 6. The van der Waals surface area contributed by atoms with Gasteiger partial charge in [-0.15, -0.1) is 0 Å². The van der Waals surface area contributed by atoms with Gasteiger partial charge in [-0.1, -0.05) is 17.7 Å². The van der Waals surface area contributed by atoms with E-state index in [1.165, 1.54) is 0 Å². The Kier molecular flexibility index (Phi) is 5.13. The molecular formula is C22H25N3O2. The monoisotopic (exact) mass is 363 g/mol. The fourth-order valence-electron chi connectivity index (χ4n) is 3.23. The molecule has 27 heavy (non-hydrogen) atoms. The highest BCUT2D eigenvalue weighted by atomic mass is 16.2. The molecule has 140 valence electrons. The Morgan fingerprint density at radius 3 is 2.41 bits per heavy atom. The van der Waals surface area contributed by atoms with Crippen LogP contribution in [0.25, 0.3) is 11.0 Å². The van der Waals surface area contributed by atoms with E-state index in [0.29, 0.717) is 12.2 Å². The van der Waals surface area contributed by atoms with E-state index in [1.807, 2.05) is 58.0 Å². The third kappa shape index (κ3) is 3.92. The van der Waals surface area contributed by atoms with Crippen LogP contribution in [-0.2, 0) is 11.3 Å². The molecule has 0 radical (unpaired) electrons. The summed E-state index contributed by atoms with van der Waals surface area (Å²) in [4.78, 5) is 29.5. The molecule has 0 atom stereocenters. The molecule has 0 fully saturated rings. The van der Waals surface area contributed by atoms with E-state index in [0.717, 1.165) is 39.0 Å². The van der Waals surface area contributed by atoms with Crippen LogP contribution in [0.5, 0.6) is 0 Å². The quantitative estimate of drug-likeness (QED) is 0.763. The van der Waals surface area contributed by atoms with Crippen LogP contribution in [0.2, 0.25) is 0 Å². The van der Waals surface area contributed by atoms with Crippen LogP contribution < -0.4 is 10.9 Å². The maximum atomic E-state index is 12.6. The molecule has 3 rings (SSSR count). The van der Waals surface area contributed by atoms with Gasteiger partial charge in [-0.05, 0) is 69.5 Å². The Morgan fingerprint density at radius 1 is 1.00 bits per heavy atom. The molecule has 0 aliphatic heterocycles. The minimum Gasteiger partial charge on any atom is -0.326 e. The van der Waals surface area contributed by atoms with E-state index >= 15 is 0 Å². The van der Waals surface area contributed by atoms with E-state index in [1.54, 1.807) is 11.5 Å². The molecule has 0 bridgehead atoms. The van der Waals surface area contributed by atoms with E-state index < -0.39 is 0 Å². The van der Waals surface area contributed by atoms with E-state index in [-0.39, 0.29) is 17.9 Å². The van der Waals surface area contributed by atoms with Crippen molar-refractivity contribution in [2.45, 2.75) is 47.6 Å². The van der Waals surface area contributed by atoms with Crippen LogP contribution in [0, 0.1) is 34.6 Å². The molecule has 1 N–H and O–H groups in total. The summed E-state index contributed by atoms with van der Waals surface area (Å²) in [5, 5.41) is 2.94. The highest BCUT2D eigenvalue weighted by Gasteiger charge is 2.12. The highest BCUT2D eigenvalue weighted by Crippen LogP contribution is 2.18. The molecule has 0 saturated carbocycles. The Labute approximate surface area is 159 Å². The second kappa shape index (κ2) is 7.35. The highest BCUT2D eigenvalue weighted by molar-refractivity contribution is 5.91. The van der Waals surface area contributed by atoms with Gasteiger partial charge in [0.2, 0.25) is 5.91 Å². The molecular weight excluding hydrogens is 338 g/mol. The first kappa shape index (κ1) is 18.8. The number of anilines is 1. The maximum Gasteiger partial charge on any atom is 0.272 e. The lowest BCUT2D eigenvalue weighted by Crippen LogP contribution is -2.26. The van der Waals surface area contributed by atoms with Gasteiger partial charge in [-0.2, -0.15) is 0 Å². The van der Waals surface area contributed by atoms with Crippen LogP contribution in [0.4, 0.5) is 5.69 Å². The minimum absolute atomic E-state index is 0.111. The number of benzene rings is 2. The summed E-state index contributed by atoms with van der Waals surface area (Å²) in [6, 6.07) is 9.87. The maximum absolute atomic E-state index is 12.6. The summed E-state index contributed by atoms with van der Waals surface area (Å²) in [5.74, 6) is -0.111. The minimum atomic E-state index is -0.148. The van der Waals surface area contributed by atoms with Gasteiger partial charge in [0.05, 0.1) is 11.0 Å². The summed E-state index contributed by atoms with van der Waals surface area (Å²) in [6.45, 7) is 10.1. The SMILES string of the molecule is Cc1ccc(NC(=O)CCn2c(=O)c(C)nc3cc(C)c(C)cc32)c(C)c1. The zero-order valence-corrected chi connectivity index (χ0v) is 16.5. The van der Waals surface area contributed by atoms with Crippen molar-refractivity contribution >= 4 is 22.6 Å². The molecule has 3 aromatic rings. The van der Waals surface area contributed by atoms with Gasteiger partial charge in [0.15, 0.2) is 0 Å². The van der Waals surface area contributed by atoms with Crippen molar-refractivity contribution in [3.8, 4) is 0 Å². The van der Waals surface area contributed by atoms with Crippen molar-refractivity contribution < 1.29 is 4.79 Å². The predicted molar refractivity (Wildman–Crippen MR) is 109 cm³/mol. The van der Waals surface area contributed by atoms with Crippen molar-refractivity contribution in [3.05, 3.63) is 68.6 Å². The van der Waals surface area contributed by atoms with Crippen molar-refractivity contribution in [1.29, 1.82) is 0 Å². The molecule has 2 aromatic carbocycles. The van der Waals surface area contributed by atoms with Crippen LogP contribution in [0.15, 0.2) is 35.1 Å². The van der Waals surface area contributed by atoms with Crippen molar-refractivity contribution in [2.24, 2.45) is 0 Å². The van der Waals surface area contributed by atoms with Crippen molar-refractivity contribution in [3.63, 3.8) is 0 Å². The molecule has 0 unspecified atom stereocenters. The van der Waals surface area contributed by atoms with Crippen LogP contribution in [-0.4, -0.2) is 15.5 Å². The molecule has 5 nitrogen and oxygen atoms in total. The number of carbonyl (C=O) groups is 1. The average Bonchev–Trinajstić information content (AvgIpc) is 2.60. The topological polar surface area (TPSA) is 64.0 Å². The van der Waals surface area contributed by atoms with Gasteiger partial charge in [-0.3, -0.25) is 9.59 Å². The second-order valence-electron chi connectivity index (χ2n) is 7.20. The third-order valence-electron chi connectivity index (χ3n) is 4.94. The number of hydrogen-bond donors (Lipinski definition) is 1. The van der Waals surface area contributed by atoms with Gasteiger partial charge >= 0.3 is 0 Å². The van der Waals surface area contributed by atoms with Crippen molar-refractivity contribution in [1.82, 2.24) is 9.55 Å².